The Morgan fingerprint density at radius 2 is 2.05 bits per heavy atom. The zero-order valence-corrected chi connectivity index (χ0v) is 12.8. The summed E-state index contributed by atoms with van der Waals surface area (Å²) in [4.78, 5) is 14.3. The largest absolute Gasteiger partial charge is 0.497 e. The highest BCUT2D eigenvalue weighted by atomic mass is 16.5. The van der Waals surface area contributed by atoms with Gasteiger partial charge in [0.2, 0.25) is 5.91 Å². The Bertz CT molecular complexity index is 444. The van der Waals surface area contributed by atoms with E-state index in [0.717, 1.165) is 50.0 Å². The smallest absolute Gasteiger partial charge is 0.223 e. The molecule has 0 aromatic heterocycles. The second-order valence-electron chi connectivity index (χ2n) is 5.62. The summed E-state index contributed by atoms with van der Waals surface area (Å²) >= 11 is 0. The Labute approximate surface area is 126 Å². The van der Waals surface area contributed by atoms with Crippen LogP contribution in [0, 0.1) is 0 Å². The van der Waals surface area contributed by atoms with Gasteiger partial charge in [-0.15, -0.1) is 0 Å². The zero-order chi connectivity index (χ0) is 15.1. The van der Waals surface area contributed by atoms with E-state index in [-0.39, 0.29) is 18.6 Å². The molecule has 1 amide bonds. The lowest BCUT2D eigenvalue weighted by molar-refractivity contribution is -0.134. The van der Waals surface area contributed by atoms with E-state index >= 15 is 0 Å². The van der Waals surface area contributed by atoms with E-state index in [1.165, 1.54) is 0 Å². The van der Waals surface area contributed by atoms with Crippen LogP contribution in [0.4, 0.5) is 0 Å². The molecule has 0 bridgehead atoms. The first-order valence-electron chi connectivity index (χ1n) is 7.78. The van der Waals surface area contributed by atoms with Crippen molar-refractivity contribution in [1.29, 1.82) is 0 Å². The quantitative estimate of drug-likeness (QED) is 0.906. The molecule has 4 heteroatoms. The van der Waals surface area contributed by atoms with Crippen molar-refractivity contribution in [3.63, 3.8) is 0 Å². The van der Waals surface area contributed by atoms with Crippen LogP contribution in [0.2, 0.25) is 0 Å². The summed E-state index contributed by atoms with van der Waals surface area (Å²) in [6.45, 7) is 0.862. The molecule has 1 fully saturated rings. The third-order valence-electron chi connectivity index (χ3n) is 4.19. The number of hydrogen-bond acceptors (Lipinski definition) is 3. The molecular formula is C17H25NO3. The Balaban J connectivity index is 1.89. The minimum absolute atomic E-state index is 0.0101. The van der Waals surface area contributed by atoms with Crippen molar-refractivity contribution in [3.05, 3.63) is 29.8 Å². The fourth-order valence-electron chi connectivity index (χ4n) is 2.88. The van der Waals surface area contributed by atoms with Gasteiger partial charge in [0.1, 0.15) is 5.75 Å². The normalized spacial score (nSPS) is 19.1. The third-order valence-corrected chi connectivity index (χ3v) is 4.19. The first-order chi connectivity index (χ1) is 10.2. The van der Waals surface area contributed by atoms with Gasteiger partial charge in [-0.3, -0.25) is 4.79 Å². The Morgan fingerprint density at radius 3 is 2.71 bits per heavy atom. The summed E-state index contributed by atoms with van der Waals surface area (Å²) in [5, 5.41) is 9.47. The molecule has 1 atom stereocenters. The van der Waals surface area contributed by atoms with Gasteiger partial charge in [0.15, 0.2) is 0 Å². The lowest BCUT2D eigenvalue weighted by atomic mass is 10.1. The van der Waals surface area contributed by atoms with E-state index in [2.05, 4.69) is 0 Å². The number of aliphatic hydroxyl groups excluding tert-OH is 1. The second-order valence-corrected chi connectivity index (χ2v) is 5.62. The third kappa shape index (κ3) is 4.46. The van der Waals surface area contributed by atoms with Crippen molar-refractivity contribution in [2.75, 3.05) is 20.3 Å². The molecule has 1 heterocycles. The van der Waals surface area contributed by atoms with E-state index in [1.807, 2.05) is 29.2 Å². The van der Waals surface area contributed by atoms with Gasteiger partial charge in [-0.2, -0.15) is 0 Å². The predicted octanol–water partition coefficient (Wildman–Crippen LogP) is 2.39. The van der Waals surface area contributed by atoms with Crippen molar-refractivity contribution >= 4 is 5.91 Å². The summed E-state index contributed by atoms with van der Waals surface area (Å²) < 4.78 is 5.13. The van der Waals surface area contributed by atoms with Gasteiger partial charge < -0.3 is 14.7 Å². The molecule has 0 spiro atoms. The second kappa shape index (κ2) is 8.03. The van der Waals surface area contributed by atoms with Crippen LogP contribution in [0.5, 0.6) is 5.75 Å². The number of aliphatic hydroxyl groups is 1. The van der Waals surface area contributed by atoms with Crippen LogP contribution < -0.4 is 4.74 Å². The molecule has 116 valence electrons. The molecule has 1 unspecified atom stereocenters. The fourth-order valence-corrected chi connectivity index (χ4v) is 2.88. The highest BCUT2D eigenvalue weighted by Crippen LogP contribution is 2.18. The molecular weight excluding hydrogens is 266 g/mol. The average molecular weight is 291 g/mol. The van der Waals surface area contributed by atoms with Gasteiger partial charge in [0.25, 0.3) is 0 Å². The number of rotatable bonds is 5. The summed E-state index contributed by atoms with van der Waals surface area (Å²) in [5.41, 5.74) is 1.14. The number of carbonyl (C=O) groups is 1. The first-order valence-corrected chi connectivity index (χ1v) is 7.78. The number of carbonyl (C=O) groups excluding carboxylic acids is 1. The van der Waals surface area contributed by atoms with E-state index in [0.29, 0.717) is 6.42 Å². The van der Waals surface area contributed by atoms with Gasteiger partial charge in [-0.1, -0.05) is 25.0 Å². The van der Waals surface area contributed by atoms with Crippen molar-refractivity contribution in [1.82, 2.24) is 4.90 Å². The Hall–Kier alpha value is -1.55. The topological polar surface area (TPSA) is 49.8 Å². The highest BCUT2D eigenvalue weighted by molar-refractivity contribution is 5.76. The SMILES string of the molecule is COc1ccc(CCC(=O)N2CCCCCC2CO)cc1. The number of ether oxygens (including phenoxy) is 1. The van der Waals surface area contributed by atoms with Gasteiger partial charge in [0, 0.05) is 13.0 Å². The predicted molar refractivity (Wildman–Crippen MR) is 82.4 cm³/mol. The van der Waals surface area contributed by atoms with Crippen LogP contribution in [0.3, 0.4) is 0 Å². The van der Waals surface area contributed by atoms with Crippen LogP contribution in [0.25, 0.3) is 0 Å². The Kier molecular flexibility index (Phi) is 6.05. The minimum atomic E-state index is 0.0101. The van der Waals surface area contributed by atoms with Gasteiger partial charge in [-0.25, -0.2) is 0 Å². The zero-order valence-electron chi connectivity index (χ0n) is 12.8. The summed E-state index contributed by atoms with van der Waals surface area (Å²) in [7, 11) is 1.65. The molecule has 1 N–H and O–H groups in total. The number of aryl methyl sites for hydroxylation is 1. The molecule has 1 aliphatic heterocycles. The summed E-state index contributed by atoms with van der Waals surface area (Å²) in [6.07, 6.45) is 5.46. The van der Waals surface area contributed by atoms with Crippen molar-refractivity contribution in [3.8, 4) is 5.75 Å². The van der Waals surface area contributed by atoms with E-state index in [4.69, 9.17) is 4.74 Å². The van der Waals surface area contributed by atoms with Crippen LogP contribution in [-0.2, 0) is 11.2 Å². The maximum absolute atomic E-state index is 12.4. The van der Waals surface area contributed by atoms with E-state index in [1.54, 1.807) is 7.11 Å². The molecule has 1 aromatic carbocycles. The molecule has 4 nitrogen and oxygen atoms in total. The minimum Gasteiger partial charge on any atom is -0.497 e. The van der Waals surface area contributed by atoms with Crippen LogP contribution in [0.15, 0.2) is 24.3 Å². The highest BCUT2D eigenvalue weighted by Gasteiger charge is 2.24. The molecule has 1 aromatic rings. The maximum Gasteiger partial charge on any atom is 0.223 e. The molecule has 21 heavy (non-hydrogen) atoms. The van der Waals surface area contributed by atoms with Crippen LogP contribution in [0.1, 0.15) is 37.7 Å². The summed E-state index contributed by atoms with van der Waals surface area (Å²) in [6, 6.07) is 7.84. The average Bonchev–Trinajstić information content (AvgIpc) is 2.78. The van der Waals surface area contributed by atoms with Crippen LogP contribution in [-0.4, -0.2) is 42.2 Å². The number of hydrogen-bond donors (Lipinski definition) is 1. The number of benzene rings is 1. The first kappa shape index (κ1) is 15.8. The number of amides is 1. The van der Waals surface area contributed by atoms with Crippen LogP contribution >= 0.6 is 0 Å². The monoisotopic (exact) mass is 291 g/mol. The van der Waals surface area contributed by atoms with Crippen molar-refractivity contribution in [2.24, 2.45) is 0 Å². The standard InChI is InChI=1S/C17H25NO3/c1-21-16-9-6-14(7-10-16)8-11-17(20)18-12-4-2-3-5-15(18)13-19/h6-7,9-10,15,19H,2-5,8,11-13H2,1H3. The lowest BCUT2D eigenvalue weighted by Gasteiger charge is -2.28. The van der Waals surface area contributed by atoms with E-state index in [9.17, 15) is 9.90 Å². The fraction of sp³-hybridized carbons (Fsp3) is 0.588. The molecule has 2 rings (SSSR count). The Morgan fingerprint density at radius 1 is 1.29 bits per heavy atom. The molecule has 1 saturated heterocycles. The molecule has 0 aliphatic carbocycles. The lowest BCUT2D eigenvalue weighted by Crippen LogP contribution is -2.42. The number of methoxy groups -OCH3 is 1. The van der Waals surface area contributed by atoms with Crippen molar-refractivity contribution < 1.29 is 14.6 Å². The van der Waals surface area contributed by atoms with E-state index < -0.39 is 0 Å². The van der Waals surface area contributed by atoms with Gasteiger partial charge >= 0.3 is 0 Å². The summed E-state index contributed by atoms with van der Waals surface area (Å²) in [5.74, 6) is 0.990. The maximum atomic E-state index is 12.4. The number of likely N-dealkylation sites (tertiary alicyclic amines) is 1. The van der Waals surface area contributed by atoms with Gasteiger partial charge in [-0.05, 0) is 37.0 Å². The number of nitrogens with zero attached hydrogens (tertiary/aromatic N) is 1. The van der Waals surface area contributed by atoms with Gasteiger partial charge in [0.05, 0.1) is 19.8 Å². The molecule has 1 aliphatic rings. The van der Waals surface area contributed by atoms with Crippen molar-refractivity contribution in [2.45, 2.75) is 44.6 Å². The molecule has 0 saturated carbocycles. The molecule has 0 radical (unpaired) electrons.